The van der Waals surface area contributed by atoms with Crippen molar-refractivity contribution in [1.82, 2.24) is 48.8 Å². The molecule has 0 aromatic carbocycles. The van der Waals surface area contributed by atoms with Gasteiger partial charge in [-0.25, -0.2) is 39.1 Å². The lowest BCUT2D eigenvalue weighted by molar-refractivity contribution is -0.142. The number of carboxylic acid groups (broad SMARTS) is 2. The molecule has 0 bridgehead atoms. The number of nitrogens with zero attached hydrogens (tertiary/aromatic N) is 14. The molecule has 8 rings (SSSR count). The molecule has 0 amide bonds. The lowest BCUT2D eigenvalue weighted by Crippen LogP contribution is -2.47. The maximum Gasteiger partial charge on any atom is 0.433 e. The molecule has 20 nitrogen and oxygen atoms in total. The topological polar surface area (TPSA) is 215 Å². The number of aromatic nitrogens is 8. The van der Waals surface area contributed by atoms with E-state index in [1.54, 1.807) is 9.13 Å². The summed E-state index contributed by atoms with van der Waals surface area (Å²) in [5, 5.41) is 15.6. The van der Waals surface area contributed by atoms with Gasteiger partial charge < -0.3 is 29.8 Å². The number of alkyl halides is 6. The molecule has 4 aliphatic rings. The fourth-order valence-corrected chi connectivity index (χ4v) is 8.56. The number of hydrogen-bond acceptors (Lipinski definition) is 16. The van der Waals surface area contributed by atoms with E-state index in [4.69, 9.17) is 10.2 Å². The van der Waals surface area contributed by atoms with Gasteiger partial charge >= 0.3 is 35.7 Å². The second-order valence-electron chi connectivity index (χ2n) is 21.7. The summed E-state index contributed by atoms with van der Waals surface area (Å²) in [6.07, 6.45) is 1.62. The zero-order valence-corrected chi connectivity index (χ0v) is 45.2. The smallest absolute Gasteiger partial charge is 0.433 e. The fourth-order valence-electron chi connectivity index (χ4n) is 8.56. The molecule has 4 saturated heterocycles. The Bertz CT molecular complexity index is 2540. The van der Waals surface area contributed by atoms with E-state index in [1.165, 1.54) is 0 Å². The Morgan fingerprint density at radius 2 is 0.795 bits per heavy atom. The highest BCUT2D eigenvalue weighted by Crippen LogP contribution is 2.34. The third-order valence-electron chi connectivity index (χ3n) is 13.4. The van der Waals surface area contributed by atoms with Gasteiger partial charge in [0.05, 0.1) is 0 Å². The van der Waals surface area contributed by atoms with Crippen LogP contribution in [0, 0.1) is 0 Å². The molecule has 4 fully saturated rings. The standard InChI is InChI=1S/2C24H34F3N7O.C4H4O4/c2*1-23(2,3)21-28-18(24(25,26)27)17-20(29-21)33-15-13-31(14-16-33)8-4-5-9-34-12-7-19(30-22(34)35)32-10-6-11-32;5-3(6)1-2-4(7)8/h2*7,12,17H,4-6,8-11,13-16H2,1-3H3;1-2H,(H,5,6)(H,7,8)/b;;2-1+. The predicted molar refractivity (Wildman–Crippen MR) is 282 cm³/mol. The average molecular weight is 1100 g/mol. The maximum atomic E-state index is 13.4. The molecule has 0 aliphatic carbocycles. The lowest BCUT2D eigenvalue weighted by atomic mass is 9.95. The lowest BCUT2D eigenvalue weighted by Gasteiger charge is -2.36. The van der Waals surface area contributed by atoms with E-state index < -0.39 is 46.5 Å². The summed E-state index contributed by atoms with van der Waals surface area (Å²) in [6.45, 7) is 23.2. The molecule has 0 atom stereocenters. The number of carboxylic acids is 2. The van der Waals surface area contributed by atoms with Crippen LogP contribution >= 0.6 is 0 Å². The van der Waals surface area contributed by atoms with E-state index in [0.717, 1.165) is 128 Å². The second-order valence-corrected chi connectivity index (χ2v) is 21.7. The summed E-state index contributed by atoms with van der Waals surface area (Å²) in [7, 11) is 0. The molecule has 26 heteroatoms. The van der Waals surface area contributed by atoms with Crippen molar-refractivity contribution in [2.24, 2.45) is 0 Å². The van der Waals surface area contributed by atoms with E-state index in [1.807, 2.05) is 75.9 Å². The summed E-state index contributed by atoms with van der Waals surface area (Å²) in [5.41, 5.74) is -3.36. The summed E-state index contributed by atoms with van der Waals surface area (Å²) in [4.78, 5) is 81.1. The van der Waals surface area contributed by atoms with Crippen molar-refractivity contribution >= 4 is 35.2 Å². The van der Waals surface area contributed by atoms with Crippen molar-refractivity contribution in [1.29, 1.82) is 0 Å². The molecule has 4 aliphatic heterocycles. The first-order valence-corrected chi connectivity index (χ1v) is 26.3. The zero-order valence-electron chi connectivity index (χ0n) is 45.2. The number of carbonyl (C=O) groups is 2. The monoisotopic (exact) mass is 1100 g/mol. The Labute approximate surface area is 449 Å². The maximum absolute atomic E-state index is 13.4. The first-order chi connectivity index (χ1) is 36.6. The molecule has 0 saturated carbocycles. The number of halogens is 6. The first kappa shape index (κ1) is 60.5. The largest absolute Gasteiger partial charge is 0.478 e. The van der Waals surface area contributed by atoms with Gasteiger partial charge in [-0.05, 0) is 63.7 Å². The van der Waals surface area contributed by atoms with Gasteiger partial charge in [0.25, 0.3) is 0 Å². The second kappa shape index (κ2) is 26.3. The summed E-state index contributed by atoms with van der Waals surface area (Å²) < 4.78 is 83.8. The number of piperazine rings is 2. The summed E-state index contributed by atoms with van der Waals surface area (Å²) in [5.74, 6) is 0.0857. The highest BCUT2D eigenvalue weighted by molar-refractivity contribution is 5.89. The van der Waals surface area contributed by atoms with E-state index in [0.29, 0.717) is 63.1 Å². The van der Waals surface area contributed by atoms with Gasteiger partial charge in [-0.1, -0.05) is 41.5 Å². The Hall–Kier alpha value is -6.70. The summed E-state index contributed by atoms with van der Waals surface area (Å²) >= 11 is 0. The normalized spacial score (nSPS) is 16.7. The van der Waals surface area contributed by atoms with E-state index in [9.17, 15) is 45.5 Å². The fraction of sp³-hybridized carbons (Fsp3) is 0.615. The van der Waals surface area contributed by atoms with Crippen molar-refractivity contribution in [2.75, 3.05) is 111 Å². The van der Waals surface area contributed by atoms with Crippen molar-refractivity contribution < 1.29 is 46.1 Å². The average Bonchev–Trinajstić information content (AvgIpc) is 3.37. The van der Waals surface area contributed by atoms with Gasteiger partial charge in [-0.15, -0.1) is 0 Å². The van der Waals surface area contributed by atoms with Gasteiger partial charge in [0.1, 0.15) is 46.3 Å². The number of aliphatic carboxylic acids is 2. The van der Waals surface area contributed by atoms with Gasteiger partial charge in [-0.2, -0.15) is 36.3 Å². The van der Waals surface area contributed by atoms with Crippen LogP contribution in [0.4, 0.5) is 49.6 Å². The Balaban J connectivity index is 0.000000221. The highest BCUT2D eigenvalue weighted by atomic mass is 19.4. The van der Waals surface area contributed by atoms with Crippen molar-refractivity contribution in [3.63, 3.8) is 0 Å². The number of rotatable bonds is 16. The van der Waals surface area contributed by atoms with E-state index in [-0.39, 0.29) is 23.0 Å². The molecule has 428 valence electrons. The number of anilines is 4. The number of hydrogen-bond donors (Lipinski definition) is 2. The minimum absolute atomic E-state index is 0.201. The van der Waals surface area contributed by atoms with Crippen LogP contribution in [0.3, 0.4) is 0 Å². The van der Waals surface area contributed by atoms with Crippen LogP contribution in [0.15, 0.2) is 58.4 Å². The van der Waals surface area contributed by atoms with Crippen LogP contribution in [-0.2, 0) is 45.9 Å². The minimum atomic E-state index is -4.51. The third kappa shape index (κ3) is 17.9. The number of aryl methyl sites for hydroxylation is 2. The van der Waals surface area contributed by atoms with Crippen molar-refractivity contribution in [3.8, 4) is 0 Å². The number of unbranched alkanes of at least 4 members (excludes halogenated alkanes) is 2. The van der Waals surface area contributed by atoms with Crippen LogP contribution in [-0.4, -0.2) is 163 Å². The summed E-state index contributed by atoms with van der Waals surface area (Å²) in [6, 6.07) is 5.93. The zero-order chi connectivity index (χ0) is 57.0. The minimum Gasteiger partial charge on any atom is -0.478 e. The molecular weight excluding hydrogens is 1030 g/mol. The van der Waals surface area contributed by atoms with E-state index >= 15 is 0 Å². The van der Waals surface area contributed by atoms with Crippen LogP contribution in [0.5, 0.6) is 0 Å². The Kier molecular flexibility index (Phi) is 20.4. The first-order valence-electron chi connectivity index (χ1n) is 26.3. The van der Waals surface area contributed by atoms with E-state index in [2.05, 4.69) is 49.5 Å². The Morgan fingerprint density at radius 1 is 0.474 bits per heavy atom. The molecule has 0 spiro atoms. The van der Waals surface area contributed by atoms with Gasteiger partial charge in [0, 0.05) is 139 Å². The predicted octanol–water partition coefficient (Wildman–Crippen LogP) is 6.04. The van der Waals surface area contributed by atoms with Crippen molar-refractivity contribution in [3.05, 3.63) is 92.8 Å². The molecule has 4 aromatic rings. The quantitative estimate of drug-likeness (QED) is 0.0744. The van der Waals surface area contributed by atoms with Crippen LogP contribution in [0.25, 0.3) is 0 Å². The molecule has 0 radical (unpaired) electrons. The molecule has 78 heavy (non-hydrogen) atoms. The molecule has 8 heterocycles. The van der Waals surface area contributed by atoms with Crippen LogP contribution < -0.4 is 31.0 Å². The Morgan fingerprint density at radius 3 is 1.06 bits per heavy atom. The molecule has 4 aromatic heterocycles. The molecular formula is C52H72F6N14O6. The molecule has 0 unspecified atom stereocenters. The van der Waals surface area contributed by atoms with Crippen molar-refractivity contribution in [2.45, 2.75) is 116 Å². The van der Waals surface area contributed by atoms with Gasteiger partial charge in [-0.3, -0.25) is 18.9 Å². The van der Waals surface area contributed by atoms with Gasteiger partial charge in [0.15, 0.2) is 0 Å². The van der Waals surface area contributed by atoms with Gasteiger partial charge in [0.2, 0.25) is 0 Å². The SMILES string of the molecule is CC(C)(C)c1nc(N2CCN(CCCCn3ccc(N4CCC4)nc3=O)CC2)cc(C(F)(F)F)n1.CC(C)(C)c1nc(N2CCN(CCCCn3ccc(N4CCC4)nc3=O)CC2)cc(C(F)(F)F)n1.O=C(O)/C=C/C(=O)O. The highest BCUT2D eigenvalue weighted by Gasteiger charge is 2.37. The third-order valence-corrected chi connectivity index (χ3v) is 13.4. The van der Waals surface area contributed by atoms with Crippen LogP contribution in [0.2, 0.25) is 0 Å². The van der Waals surface area contributed by atoms with Crippen LogP contribution in [0.1, 0.15) is 103 Å². The molecule has 2 N–H and O–H groups in total.